The lowest BCUT2D eigenvalue weighted by Crippen LogP contribution is -2.53. The maximum atomic E-state index is 12.1. The van der Waals surface area contributed by atoms with Gasteiger partial charge in [-0.2, -0.15) is 0 Å². The van der Waals surface area contributed by atoms with Gasteiger partial charge in [0, 0.05) is 13.1 Å². The minimum absolute atomic E-state index is 0.200. The quantitative estimate of drug-likeness (QED) is 0.103. The minimum atomic E-state index is -1.48. The summed E-state index contributed by atoms with van der Waals surface area (Å²) in [6.45, 7) is 5.22. The second kappa shape index (κ2) is 14.3. The van der Waals surface area contributed by atoms with Gasteiger partial charge >= 0.3 is 11.9 Å². The molecule has 0 fully saturated rings. The van der Waals surface area contributed by atoms with Gasteiger partial charge in [0.05, 0.1) is 11.7 Å². The highest BCUT2D eigenvalue weighted by atomic mass is 16.5. The Bertz CT molecular complexity index is 629. The van der Waals surface area contributed by atoms with Crippen molar-refractivity contribution >= 4 is 29.5 Å². The van der Waals surface area contributed by atoms with Crippen molar-refractivity contribution in [2.45, 2.75) is 70.9 Å². The van der Waals surface area contributed by atoms with Crippen LogP contribution in [0.1, 0.15) is 59.3 Å². The van der Waals surface area contributed by atoms with Gasteiger partial charge in [-0.25, -0.2) is 4.79 Å². The minimum Gasteiger partial charge on any atom is -0.480 e. The number of hydrogen-bond acceptors (Lipinski definition) is 7. The molecule has 0 aromatic carbocycles. The molecule has 0 saturated heterocycles. The van der Waals surface area contributed by atoms with Crippen LogP contribution in [0.4, 0.5) is 0 Å². The maximum Gasteiger partial charge on any atom is 0.329 e. The number of carboxylic acid groups (broad SMARTS) is 1. The third-order valence-electron chi connectivity index (χ3n) is 4.27. The Morgan fingerprint density at radius 2 is 1.57 bits per heavy atom. The normalized spacial score (nSPS) is 15.2. The van der Waals surface area contributed by atoms with Crippen LogP contribution in [0.25, 0.3) is 0 Å². The highest BCUT2D eigenvalue weighted by Crippen LogP contribution is 2.14. The summed E-state index contributed by atoms with van der Waals surface area (Å²) < 4.78 is 4.91. The topological polar surface area (TPSA) is 195 Å². The van der Waals surface area contributed by atoms with Crippen molar-refractivity contribution in [2.24, 2.45) is 27.2 Å². The molecule has 2 unspecified atom stereocenters. The van der Waals surface area contributed by atoms with Crippen molar-refractivity contribution in [1.82, 2.24) is 5.32 Å². The predicted molar refractivity (Wildman–Crippen MR) is 115 cm³/mol. The standard InChI is InChI=1S/C19H36N6O5/c1-13(20)23-10-6-4-8-15(22)17(27)30-12-16(26)25-19(3,18(28)29)9-5-7-11-24-14(2)21/h15H,4-12,22H2,1-3H3,(H2,20,23)(H2,21,24)(H,25,26)(H,28,29). The van der Waals surface area contributed by atoms with E-state index in [1.807, 2.05) is 0 Å². The molecule has 0 aliphatic rings. The number of aliphatic carboxylic acids is 1. The van der Waals surface area contributed by atoms with Gasteiger partial charge in [-0.15, -0.1) is 0 Å². The van der Waals surface area contributed by atoms with E-state index in [-0.39, 0.29) is 6.42 Å². The van der Waals surface area contributed by atoms with Gasteiger partial charge < -0.3 is 32.4 Å². The summed E-state index contributed by atoms with van der Waals surface area (Å²) in [4.78, 5) is 43.6. The molecule has 8 N–H and O–H groups in total. The van der Waals surface area contributed by atoms with Crippen LogP contribution >= 0.6 is 0 Å². The van der Waals surface area contributed by atoms with E-state index < -0.39 is 36.0 Å². The Hall–Kier alpha value is -2.69. The molecule has 0 rings (SSSR count). The molecule has 0 aliphatic carbocycles. The number of amides is 1. The number of rotatable bonds is 15. The first-order chi connectivity index (χ1) is 14.0. The molecule has 11 heteroatoms. The van der Waals surface area contributed by atoms with Crippen LogP contribution in [0.3, 0.4) is 0 Å². The first-order valence-corrected chi connectivity index (χ1v) is 9.97. The van der Waals surface area contributed by atoms with Crippen LogP contribution in [-0.4, -0.2) is 65.9 Å². The molecule has 0 aromatic rings. The molecular weight excluding hydrogens is 392 g/mol. The molecule has 30 heavy (non-hydrogen) atoms. The van der Waals surface area contributed by atoms with Gasteiger partial charge in [0.2, 0.25) is 0 Å². The van der Waals surface area contributed by atoms with E-state index in [2.05, 4.69) is 15.3 Å². The summed E-state index contributed by atoms with van der Waals surface area (Å²) in [6.07, 6.45) is 3.13. The summed E-state index contributed by atoms with van der Waals surface area (Å²) in [5, 5.41) is 11.9. The van der Waals surface area contributed by atoms with Crippen molar-refractivity contribution in [3.05, 3.63) is 0 Å². The second-order valence-electron chi connectivity index (χ2n) is 7.40. The van der Waals surface area contributed by atoms with Crippen molar-refractivity contribution in [1.29, 1.82) is 0 Å². The first kappa shape index (κ1) is 27.3. The monoisotopic (exact) mass is 428 g/mol. The smallest absolute Gasteiger partial charge is 0.329 e. The van der Waals surface area contributed by atoms with E-state index >= 15 is 0 Å². The average molecular weight is 429 g/mol. The molecule has 0 aliphatic heterocycles. The van der Waals surface area contributed by atoms with E-state index in [1.165, 1.54) is 6.92 Å². The molecule has 11 nitrogen and oxygen atoms in total. The molecule has 0 heterocycles. The molecule has 1 amide bonds. The average Bonchev–Trinajstić information content (AvgIpc) is 2.64. The number of hydrogen-bond donors (Lipinski definition) is 5. The van der Waals surface area contributed by atoms with Crippen LogP contribution in [-0.2, 0) is 19.1 Å². The summed E-state index contributed by atoms with van der Waals surface area (Å²) in [6, 6.07) is -0.863. The van der Waals surface area contributed by atoms with E-state index in [0.29, 0.717) is 50.4 Å². The Morgan fingerprint density at radius 3 is 2.07 bits per heavy atom. The van der Waals surface area contributed by atoms with Crippen molar-refractivity contribution in [3.8, 4) is 0 Å². The number of carboxylic acids is 1. The molecule has 0 saturated carbocycles. The number of nitrogens with two attached hydrogens (primary N) is 3. The van der Waals surface area contributed by atoms with Gasteiger partial charge in [-0.05, 0) is 59.3 Å². The summed E-state index contributed by atoms with van der Waals surface area (Å²) in [5.74, 6) is -1.63. The maximum absolute atomic E-state index is 12.1. The third kappa shape index (κ3) is 12.7. The third-order valence-corrected chi connectivity index (χ3v) is 4.27. The van der Waals surface area contributed by atoms with Gasteiger partial charge in [0.15, 0.2) is 6.61 Å². The number of esters is 1. The zero-order valence-electron chi connectivity index (χ0n) is 18.1. The molecule has 2 atom stereocenters. The van der Waals surface area contributed by atoms with E-state index in [4.69, 9.17) is 21.9 Å². The van der Waals surface area contributed by atoms with Gasteiger partial charge in [0.1, 0.15) is 11.6 Å². The number of nitrogens with one attached hydrogen (secondary N) is 1. The fraction of sp³-hybridized carbons (Fsp3) is 0.737. The van der Waals surface area contributed by atoms with Crippen LogP contribution < -0.4 is 22.5 Å². The molecular formula is C19H36N6O5. The van der Waals surface area contributed by atoms with Crippen LogP contribution in [0, 0.1) is 0 Å². The van der Waals surface area contributed by atoms with Crippen LogP contribution in [0.5, 0.6) is 0 Å². The van der Waals surface area contributed by atoms with Crippen molar-refractivity contribution in [3.63, 3.8) is 0 Å². The van der Waals surface area contributed by atoms with E-state index in [1.54, 1.807) is 13.8 Å². The van der Waals surface area contributed by atoms with Gasteiger partial charge in [-0.1, -0.05) is 0 Å². The first-order valence-electron chi connectivity index (χ1n) is 9.97. The van der Waals surface area contributed by atoms with E-state index in [9.17, 15) is 19.5 Å². The van der Waals surface area contributed by atoms with Gasteiger partial charge in [0.25, 0.3) is 5.91 Å². The zero-order valence-corrected chi connectivity index (χ0v) is 18.1. The molecule has 0 radical (unpaired) electrons. The van der Waals surface area contributed by atoms with E-state index in [0.717, 1.165) is 6.42 Å². The largest absolute Gasteiger partial charge is 0.480 e. The number of nitrogens with zero attached hydrogens (tertiary/aromatic N) is 2. The van der Waals surface area contributed by atoms with Crippen molar-refractivity contribution in [2.75, 3.05) is 19.7 Å². The predicted octanol–water partition coefficient (Wildman–Crippen LogP) is -0.0888. The number of amidine groups is 2. The summed E-state index contributed by atoms with van der Waals surface area (Å²) >= 11 is 0. The van der Waals surface area contributed by atoms with Crippen LogP contribution in [0.2, 0.25) is 0 Å². The Kier molecular flexibility index (Phi) is 13.0. The lowest BCUT2D eigenvalue weighted by Gasteiger charge is -2.26. The van der Waals surface area contributed by atoms with Gasteiger partial charge in [-0.3, -0.25) is 19.6 Å². The molecule has 0 aromatic heterocycles. The Labute approximate surface area is 177 Å². The number of carbonyl (C=O) groups excluding carboxylic acids is 2. The lowest BCUT2D eigenvalue weighted by molar-refractivity contribution is -0.152. The molecule has 172 valence electrons. The highest BCUT2D eigenvalue weighted by molar-refractivity contribution is 5.88. The molecule has 0 spiro atoms. The van der Waals surface area contributed by atoms with Crippen LogP contribution in [0.15, 0.2) is 9.98 Å². The zero-order chi connectivity index (χ0) is 23.2. The highest BCUT2D eigenvalue weighted by Gasteiger charge is 2.34. The lowest BCUT2D eigenvalue weighted by atomic mass is 9.94. The summed E-state index contributed by atoms with van der Waals surface area (Å²) in [7, 11) is 0. The van der Waals surface area contributed by atoms with Crippen molar-refractivity contribution < 1.29 is 24.2 Å². The second-order valence-corrected chi connectivity index (χ2v) is 7.40. The number of carbonyl (C=O) groups is 3. The fourth-order valence-electron chi connectivity index (χ4n) is 2.51. The SMILES string of the molecule is CC(N)=NCCCCC(N)C(=O)OCC(=O)NC(C)(CCCCN=C(C)N)C(=O)O. The number of unbranched alkanes of at least 4 members (excludes halogenated alkanes) is 2. The Balaban J connectivity index is 4.35. The molecule has 0 bridgehead atoms. The Morgan fingerprint density at radius 1 is 1.03 bits per heavy atom. The number of aliphatic imine (C=N–C) groups is 2. The number of ether oxygens (including phenoxy) is 1. The summed E-state index contributed by atoms with van der Waals surface area (Å²) in [5.41, 5.74) is 15.2. The fourth-order valence-corrected chi connectivity index (χ4v) is 2.51.